The highest BCUT2D eigenvalue weighted by Gasteiger charge is 2.28. The van der Waals surface area contributed by atoms with Crippen molar-refractivity contribution in [2.24, 2.45) is 5.41 Å². The third-order valence-corrected chi connectivity index (χ3v) is 4.94. The van der Waals surface area contributed by atoms with Crippen LogP contribution in [0.25, 0.3) is 0 Å². The fourth-order valence-electron chi connectivity index (χ4n) is 3.08. The number of benzene rings is 1. The van der Waals surface area contributed by atoms with E-state index >= 15 is 0 Å². The maximum atomic E-state index is 9.45. The molecule has 0 bridgehead atoms. The summed E-state index contributed by atoms with van der Waals surface area (Å²) < 4.78 is 0. The first kappa shape index (κ1) is 15.3. The van der Waals surface area contributed by atoms with Gasteiger partial charge in [-0.15, -0.1) is 11.8 Å². The molecule has 1 unspecified atom stereocenters. The molecule has 1 aliphatic carbocycles. The van der Waals surface area contributed by atoms with E-state index in [0.29, 0.717) is 11.5 Å². The second-order valence-corrected chi connectivity index (χ2v) is 7.63. The number of anilines is 1. The van der Waals surface area contributed by atoms with Crippen LogP contribution in [0.5, 0.6) is 0 Å². The number of nitrogens with one attached hydrogen (secondary N) is 1. The van der Waals surface area contributed by atoms with Gasteiger partial charge in [0.2, 0.25) is 0 Å². The summed E-state index contributed by atoms with van der Waals surface area (Å²) in [5.74, 6) is 0.995. The standard InChI is InChI=1S/C17H24N2S/c1-4-20-16-9-5-8-15(14(16)12-18)19-13-7-6-10-17(2,3)11-13/h5,8-9,13,19H,4,6-7,10-11H2,1-3H3. The molecule has 1 aliphatic rings. The Morgan fingerprint density at radius 3 is 2.90 bits per heavy atom. The van der Waals surface area contributed by atoms with Crippen LogP contribution in [0.2, 0.25) is 0 Å². The molecule has 1 atom stereocenters. The van der Waals surface area contributed by atoms with Crippen molar-refractivity contribution in [3.8, 4) is 6.07 Å². The van der Waals surface area contributed by atoms with Crippen LogP contribution in [0, 0.1) is 16.7 Å². The predicted octanol–water partition coefficient (Wildman–Crippen LogP) is 5.05. The van der Waals surface area contributed by atoms with Gasteiger partial charge in [0, 0.05) is 10.9 Å². The summed E-state index contributed by atoms with van der Waals surface area (Å²) in [6.45, 7) is 6.81. The summed E-state index contributed by atoms with van der Waals surface area (Å²) in [5.41, 5.74) is 2.23. The smallest absolute Gasteiger partial charge is 0.102 e. The molecule has 0 saturated heterocycles. The highest BCUT2D eigenvalue weighted by molar-refractivity contribution is 7.99. The van der Waals surface area contributed by atoms with Gasteiger partial charge in [0.1, 0.15) is 6.07 Å². The normalized spacial score (nSPS) is 21.2. The molecule has 1 fully saturated rings. The van der Waals surface area contributed by atoms with Gasteiger partial charge in [0.25, 0.3) is 0 Å². The first-order valence-electron chi connectivity index (χ1n) is 7.48. The van der Waals surface area contributed by atoms with Gasteiger partial charge in [-0.2, -0.15) is 5.26 Å². The number of thioether (sulfide) groups is 1. The predicted molar refractivity (Wildman–Crippen MR) is 87.2 cm³/mol. The summed E-state index contributed by atoms with van der Waals surface area (Å²) in [6.07, 6.45) is 4.97. The molecular weight excluding hydrogens is 264 g/mol. The molecule has 1 aromatic carbocycles. The van der Waals surface area contributed by atoms with Gasteiger partial charge in [-0.3, -0.25) is 0 Å². The zero-order chi connectivity index (χ0) is 14.6. The fraction of sp³-hybridized carbons (Fsp3) is 0.588. The van der Waals surface area contributed by atoms with Crippen molar-refractivity contribution < 1.29 is 0 Å². The zero-order valence-electron chi connectivity index (χ0n) is 12.7. The van der Waals surface area contributed by atoms with Crippen molar-refractivity contribution in [3.63, 3.8) is 0 Å². The summed E-state index contributed by atoms with van der Waals surface area (Å²) in [6, 6.07) is 9.01. The Balaban J connectivity index is 2.17. The van der Waals surface area contributed by atoms with Gasteiger partial charge in [0.15, 0.2) is 0 Å². The SMILES string of the molecule is CCSc1cccc(NC2CCCC(C)(C)C2)c1C#N. The Labute approximate surface area is 127 Å². The number of rotatable bonds is 4. The number of hydrogen-bond acceptors (Lipinski definition) is 3. The molecular formula is C17H24N2S. The Bertz CT molecular complexity index is 502. The molecule has 3 heteroatoms. The lowest BCUT2D eigenvalue weighted by molar-refractivity contribution is 0.229. The fourth-order valence-corrected chi connectivity index (χ4v) is 3.87. The van der Waals surface area contributed by atoms with Crippen LogP contribution in [-0.4, -0.2) is 11.8 Å². The lowest BCUT2D eigenvalue weighted by Gasteiger charge is -2.36. The van der Waals surface area contributed by atoms with Crippen LogP contribution in [0.1, 0.15) is 52.0 Å². The third-order valence-electron chi connectivity index (χ3n) is 4.00. The Morgan fingerprint density at radius 2 is 2.25 bits per heavy atom. The maximum Gasteiger partial charge on any atom is 0.102 e. The van der Waals surface area contributed by atoms with Crippen molar-refractivity contribution in [1.29, 1.82) is 5.26 Å². The average Bonchev–Trinajstić information content (AvgIpc) is 2.38. The molecule has 108 valence electrons. The van der Waals surface area contributed by atoms with E-state index in [-0.39, 0.29) is 0 Å². The van der Waals surface area contributed by atoms with Gasteiger partial charge in [-0.25, -0.2) is 0 Å². The van der Waals surface area contributed by atoms with Crippen molar-refractivity contribution in [3.05, 3.63) is 23.8 Å². The second-order valence-electron chi connectivity index (χ2n) is 6.33. The van der Waals surface area contributed by atoms with Gasteiger partial charge in [0.05, 0.1) is 11.3 Å². The molecule has 1 N–H and O–H groups in total. The van der Waals surface area contributed by atoms with Crippen LogP contribution >= 0.6 is 11.8 Å². The monoisotopic (exact) mass is 288 g/mol. The van der Waals surface area contributed by atoms with E-state index in [1.807, 2.05) is 12.1 Å². The summed E-state index contributed by atoms with van der Waals surface area (Å²) in [4.78, 5) is 1.09. The quantitative estimate of drug-likeness (QED) is 0.787. The summed E-state index contributed by atoms with van der Waals surface area (Å²) in [5, 5.41) is 13.1. The van der Waals surface area contributed by atoms with E-state index in [1.54, 1.807) is 11.8 Å². The molecule has 0 amide bonds. The average molecular weight is 288 g/mol. The van der Waals surface area contributed by atoms with Crippen molar-refractivity contribution in [1.82, 2.24) is 0 Å². The van der Waals surface area contributed by atoms with Gasteiger partial charge < -0.3 is 5.32 Å². The van der Waals surface area contributed by atoms with E-state index in [1.165, 1.54) is 25.7 Å². The topological polar surface area (TPSA) is 35.8 Å². The first-order valence-corrected chi connectivity index (χ1v) is 8.47. The molecule has 1 saturated carbocycles. The van der Waals surface area contributed by atoms with E-state index in [9.17, 15) is 5.26 Å². The van der Waals surface area contributed by atoms with Gasteiger partial charge >= 0.3 is 0 Å². The third kappa shape index (κ3) is 3.70. The van der Waals surface area contributed by atoms with Crippen LogP contribution < -0.4 is 5.32 Å². The van der Waals surface area contributed by atoms with Crippen LogP contribution in [0.15, 0.2) is 23.1 Å². The zero-order valence-corrected chi connectivity index (χ0v) is 13.5. The largest absolute Gasteiger partial charge is 0.381 e. The number of nitrogens with zero attached hydrogens (tertiary/aromatic N) is 1. The minimum absolute atomic E-state index is 0.415. The van der Waals surface area contributed by atoms with Crippen LogP contribution in [0.4, 0.5) is 5.69 Å². The molecule has 0 aliphatic heterocycles. The molecule has 20 heavy (non-hydrogen) atoms. The molecule has 0 heterocycles. The van der Waals surface area contributed by atoms with Gasteiger partial charge in [-0.1, -0.05) is 33.3 Å². The van der Waals surface area contributed by atoms with Gasteiger partial charge in [-0.05, 0) is 42.6 Å². The summed E-state index contributed by atoms with van der Waals surface area (Å²) in [7, 11) is 0. The van der Waals surface area contributed by atoms with E-state index in [4.69, 9.17) is 0 Å². The first-order chi connectivity index (χ1) is 9.55. The number of nitriles is 1. The Kier molecular flexibility index (Phi) is 4.99. The van der Waals surface area contributed by atoms with Crippen molar-refractivity contribution in [2.75, 3.05) is 11.1 Å². The van der Waals surface area contributed by atoms with E-state index < -0.39 is 0 Å². The molecule has 1 aromatic rings. The minimum atomic E-state index is 0.415. The second kappa shape index (κ2) is 6.54. The highest BCUT2D eigenvalue weighted by Crippen LogP contribution is 2.37. The molecule has 0 spiro atoms. The molecule has 2 rings (SSSR count). The lowest BCUT2D eigenvalue weighted by atomic mass is 9.75. The Hall–Kier alpha value is -1.14. The van der Waals surface area contributed by atoms with Crippen molar-refractivity contribution in [2.45, 2.75) is 57.4 Å². The van der Waals surface area contributed by atoms with E-state index in [0.717, 1.165) is 21.9 Å². The Morgan fingerprint density at radius 1 is 1.45 bits per heavy atom. The lowest BCUT2D eigenvalue weighted by Crippen LogP contribution is -2.32. The molecule has 2 nitrogen and oxygen atoms in total. The maximum absolute atomic E-state index is 9.45. The highest BCUT2D eigenvalue weighted by atomic mass is 32.2. The van der Waals surface area contributed by atoms with E-state index in [2.05, 4.69) is 38.2 Å². The molecule has 0 aromatic heterocycles. The summed E-state index contributed by atoms with van der Waals surface area (Å²) >= 11 is 1.74. The van der Waals surface area contributed by atoms with Crippen molar-refractivity contribution >= 4 is 17.4 Å². The van der Waals surface area contributed by atoms with Crippen LogP contribution in [0.3, 0.4) is 0 Å². The molecule has 0 radical (unpaired) electrons. The minimum Gasteiger partial charge on any atom is -0.381 e. The van der Waals surface area contributed by atoms with Crippen LogP contribution in [-0.2, 0) is 0 Å². The number of hydrogen-bond donors (Lipinski definition) is 1.